The van der Waals surface area contributed by atoms with Crippen molar-refractivity contribution in [2.24, 2.45) is 35.0 Å². The standard InChI is InChI=1S/C23H33N3O4/c1-13-9-15(25-30-13)12-24-21(27)19-17-6-7-18(20(19)22(28)29)23(17)11-14(23)10-16-5-3-4-8-26(16)2/h9,14,16-20H,3-8,10-12H2,1-2H3,(H,24,27)(H,28,29)/t14?,16?,17-,18+,19+,20+,23?/m0/s1. The third kappa shape index (κ3) is 3.08. The normalized spacial score (nSPS) is 40.1. The molecule has 3 unspecified atom stereocenters. The van der Waals surface area contributed by atoms with Crippen LogP contribution in [0.3, 0.4) is 0 Å². The largest absolute Gasteiger partial charge is 0.481 e. The number of likely N-dealkylation sites (tertiary alicyclic amines) is 1. The van der Waals surface area contributed by atoms with Gasteiger partial charge in [0.1, 0.15) is 11.5 Å². The molecule has 4 fully saturated rings. The summed E-state index contributed by atoms with van der Waals surface area (Å²) in [5.74, 6) is -0.214. The number of aryl methyl sites for hydroxylation is 1. The number of aliphatic carboxylic acids is 1. The average Bonchev–Trinajstić information content (AvgIpc) is 2.96. The van der Waals surface area contributed by atoms with Crippen molar-refractivity contribution in [3.63, 3.8) is 0 Å². The number of amides is 1. The maximum absolute atomic E-state index is 13.2. The number of rotatable bonds is 6. The zero-order valence-electron chi connectivity index (χ0n) is 18.0. The molecule has 164 valence electrons. The Balaban J connectivity index is 1.31. The zero-order valence-corrected chi connectivity index (χ0v) is 18.0. The summed E-state index contributed by atoms with van der Waals surface area (Å²) < 4.78 is 5.07. The van der Waals surface area contributed by atoms with Crippen LogP contribution >= 0.6 is 0 Å². The molecule has 7 nitrogen and oxygen atoms in total. The van der Waals surface area contributed by atoms with Gasteiger partial charge in [-0.25, -0.2) is 0 Å². The second kappa shape index (κ2) is 7.36. The molecule has 2 heterocycles. The van der Waals surface area contributed by atoms with Gasteiger partial charge in [0, 0.05) is 12.1 Å². The molecule has 5 rings (SSSR count). The quantitative estimate of drug-likeness (QED) is 0.742. The van der Waals surface area contributed by atoms with Crippen molar-refractivity contribution in [3.8, 4) is 0 Å². The molecule has 1 spiro atoms. The van der Waals surface area contributed by atoms with Gasteiger partial charge in [0.2, 0.25) is 5.91 Å². The van der Waals surface area contributed by atoms with Crippen molar-refractivity contribution in [3.05, 3.63) is 17.5 Å². The molecule has 4 aliphatic rings. The van der Waals surface area contributed by atoms with Crippen LogP contribution in [0.2, 0.25) is 0 Å². The van der Waals surface area contributed by atoms with E-state index in [-0.39, 0.29) is 23.2 Å². The van der Waals surface area contributed by atoms with Crippen LogP contribution in [-0.2, 0) is 16.1 Å². The lowest BCUT2D eigenvalue weighted by Crippen LogP contribution is -2.41. The van der Waals surface area contributed by atoms with Gasteiger partial charge in [-0.05, 0) is 82.2 Å². The van der Waals surface area contributed by atoms with Crippen LogP contribution in [0.25, 0.3) is 0 Å². The van der Waals surface area contributed by atoms with Gasteiger partial charge in [0.25, 0.3) is 0 Å². The van der Waals surface area contributed by atoms with Crippen LogP contribution in [0.1, 0.15) is 56.4 Å². The summed E-state index contributed by atoms with van der Waals surface area (Å²) >= 11 is 0. The topological polar surface area (TPSA) is 95.7 Å². The van der Waals surface area contributed by atoms with E-state index in [0.717, 1.165) is 19.3 Å². The van der Waals surface area contributed by atoms with Gasteiger partial charge >= 0.3 is 5.97 Å². The molecule has 3 saturated carbocycles. The Bertz CT molecular complexity index is 838. The Labute approximate surface area is 177 Å². The van der Waals surface area contributed by atoms with E-state index in [0.29, 0.717) is 30.0 Å². The summed E-state index contributed by atoms with van der Waals surface area (Å²) in [6, 6.07) is 2.42. The minimum absolute atomic E-state index is 0.0911. The number of hydrogen-bond acceptors (Lipinski definition) is 5. The minimum Gasteiger partial charge on any atom is -0.481 e. The Morgan fingerprint density at radius 1 is 1.27 bits per heavy atom. The van der Waals surface area contributed by atoms with E-state index in [1.165, 1.54) is 32.2 Å². The highest BCUT2D eigenvalue weighted by molar-refractivity contribution is 5.86. The molecule has 3 aliphatic carbocycles. The molecule has 1 amide bonds. The van der Waals surface area contributed by atoms with E-state index in [1.54, 1.807) is 6.07 Å². The lowest BCUT2D eigenvalue weighted by Gasteiger charge is -2.33. The fourth-order valence-electron chi connectivity index (χ4n) is 7.52. The number of carbonyl (C=O) groups excluding carboxylic acids is 1. The van der Waals surface area contributed by atoms with Gasteiger partial charge in [-0.2, -0.15) is 0 Å². The highest BCUT2D eigenvalue weighted by Crippen LogP contribution is 2.78. The van der Waals surface area contributed by atoms with E-state index >= 15 is 0 Å². The minimum atomic E-state index is -0.792. The summed E-state index contributed by atoms with van der Waals surface area (Å²) in [7, 11) is 2.23. The third-order valence-electron chi connectivity index (χ3n) is 8.81. The predicted molar refractivity (Wildman–Crippen MR) is 109 cm³/mol. The lowest BCUT2D eigenvalue weighted by molar-refractivity contribution is -0.149. The highest BCUT2D eigenvalue weighted by Gasteiger charge is 2.76. The number of piperidine rings is 1. The Hall–Kier alpha value is -1.89. The Kier molecular flexibility index (Phi) is 4.92. The van der Waals surface area contributed by atoms with Gasteiger partial charge in [0.05, 0.1) is 18.4 Å². The number of aromatic nitrogens is 1. The van der Waals surface area contributed by atoms with Crippen molar-refractivity contribution in [1.29, 1.82) is 0 Å². The van der Waals surface area contributed by atoms with Crippen LogP contribution in [-0.4, -0.2) is 46.7 Å². The van der Waals surface area contributed by atoms with E-state index in [2.05, 4.69) is 22.4 Å². The van der Waals surface area contributed by atoms with Gasteiger partial charge in [-0.3, -0.25) is 9.59 Å². The van der Waals surface area contributed by atoms with Gasteiger partial charge in [-0.15, -0.1) is 0 Å². The molecule has 2 N–H and O–H groups in total. The van der Waals surface area contributed by atoms with Gasteiger partial charge in [0.15, 0.2) is 0 Å². The molecule has 1 saturated heterocycles. The molecule has 30 heavy (non-hydrogen) atoms. The smallest absolute Gasteiger partial charge is 0.307 e. The van der Waals surface area contributed by atoms with Gasteiger partial charge in [-0.1, -0.05) is 11.6 Å². The molecule has 0 radical (unpaired) electrons. The average molecular weight is 416 g/mol. The van der Waals surface area contributed by atoms with Crippen molar-refractivity contribution in [2.75, 3.05) is 13.6 Å². The first-order valence-corrected chi connectivity index (χ1v) is 11.5. The molecule has 1 aromatic heterocycles. The van der Waals surface area contributed by atoms with E-state index in [9.17, 15) is 14.7 Å². The summed E-state index contributed by atoms with van der Waals surface area (Å²) in [5.41, 5.74) is 0.767. The number of carbonyl (C=O) groups is 2. The van der Waals surface area contributed by atoms with Crippen LogP contribution in [0.4, 0.5) is 0 Å². The monoisotopic (exact) mass is 415 g/mol. The van der Waals surface area contributed by atoms with Gasteiger partial charge < -0.3 is 19.8 Å². The summed E-state index contributed by atoms with van der Waals surface area (Å²) in [6.07, 6.45) is 8.07. The molecule has 7 heteroatoms. The SMILES string of the molecule is Cc1cc(CNC(=O)[C@H]2[C@H](C(=O)O)[C@H]3CC[C@@H]2C32CC2CC2CCCCN2C)no1. The van der Waals surface area contributed by atoms with Crippen molar-refractivity contribution in [2.45, 2.75) is 64.5 Å². The molecular formula is C23H33N3O4. The van der Waals surface area contributed by atoms with Crippen LogP contribution in [0.15, 0.2) is 10.6 Å². The number of hydrogen-bond donors (Lipinski definition) is 2. The molecule has 0 aromatic carbocycles. The van der Waals surface area contributed by atoms with Crippen LogP contribution in [0, 0.1) is 41.9 Å². The van der Waals surface area contributed by atoms with Crippen molar-refractivity contribution in [1.82, 2.24) is 15.4 Å². The summed E-state index contributed by atoms with van der Waals surface area (Å²) in [5, 5.41) is 16.9. The number of nitrogens with one attached hydrogen (secondary N) is 1. The van der Waals surface area contributed by atoms with Crippen LogP contribution < -0.4 is 5.32 Å². The van der Waals surface area contributed by atoms with Crippen molar-refractivity contribution >= 4 is 11.9 Å². The molecule has 7 atom stereocenters. The first-order chi connectivity index (χ1) is 14.4. The Morgan fingerprint density at radius 2 is 2.03 bits per heavy atom. The maximum Gasteiger partial charge on any atom is 0.307 e. The summed E-state index contributed by atoms with van der Waals surface area (Å²) in [6.45, 7) is 3.27. The van der Waals surface area contributed by atoms with Crippen molar-refractivity contribution < 1.29 is 19.2 Å². The highest BCUT2D eigenvalue weighted by atomic mass is 16.5. The summed E-state index contributed by atoms with van der Waals surface area (Å²) in [4.78, 5) is 27.9. The number of carboxylic acid groups (broad SMARTS) is 1. The van der Waals surface area contributed by atoms with Crippen LogP contribution in [0.5, 0.6) is 0 Å². The fraction of sp³-hybridized carbons (Fsp3) is 0.783. The first kappa shape index (κ1) is 20.0. The zero-order chi connectivity index (χ0) is 21.0. The van der Waals surface area contributed by atoms with E-state index in [4.69, 9.17) is 4.52 Å². The van der Waals surface area contributed by atoms with E-state index in [1.807, 2.05) is 6.92 Å². The molecule has 1 aliphatic heterocycles. The number of carboxylic acids is 1. The fourth-order valence-corrected chi connectivity index (χ4v) is 7.52. The molecular weight excluding hydrogens is 382 g/mol. The molecule has 1 aromatic rings. The number of nitrogens with zero attached hydrogens (tertiary/aromatic N) is 2. The third-order valence-corrected chi connectivity index (χ3v) is 8.81. The lowest BCUT2D eigenvalue weighted by atomic mass is 9.78. The van der Waals surface area contributed by atoms with E-state index < -0.39 is 17.8 Å². The second-order valence-electron chi connectivity index (χ2n) is 10.2. The first-order valence-electron chi connectivity index (χ1n) is 11.5. The predicted octanol–water partition coefficient (Wildman–Crippen LogP) is 2.84. The second-order valence-corrected chi connectivity index (χ2v) is 10.2. The Morgan fingerprint density at radius 3 is 2.70 bits per heavy atom. The molecule has 2 bridgehead atoms. The maximum atomic E-state index is 13.2.